The molecule has 0 amide bonds. The highest BCUT2D eigenvalue weighted by Crippen LogP contribution is 2.21. The van der Waals surface area contributed by atoms with E-state index >= 15 is 0 Å². The number of nitrogens with two attached hydrogens (primary N) is 1. The standard InChI is InChI=1S/C14H20N6O/c1-19-5-4-11(8-12(19)21)13-16-14(18-17-13)20-6-2-10(9-15)3-7-20/h4-5,8,10H,2-3,6-7,9,15H2,1H3,(H,16,17,18). The van der Waals surface area contributed by atoms with Gasteiger partial charge in [0, 0.05) is 38.0 Å². The van der Waals surface area contributed by atoms with Gasteiger partial charge in [-0.1, -0.05) is 0 Å². The minimum atomic E-state index is -0.0609. The summed E-state index contributed by atoms with van der Waals surface area (Å²) in [5.41, 5.74) is 6.40. The maximum Gasteiger partial charge on any atom is 0.250 e. The minimum absolute atomic E-state index is 0.0609. The van der Waals surface area contributed by atoms with Crippen LogP contribution in [0.5, 0.6) is 0 Å². The number of H-pyrrole nitrogens is 1. The Balaban J connectivity index is 1.77. The second kappa shape index (κ2) is 5.69. The van der Waals surface area contributed by atoms with Crippen LogP contribution in [0.25, 0.3) is 11.4 Å². The Labute approximate surface area is 122 Å². The van der Waals surface area contributed by atoms with Crippen molar-refractivity contribution in [2.45, 2.75) is 12.8 Å². The Morgan fingerprint density at radius 1 is 1.43 bits per heavy atom. The number of aromatic amines is 1. The highest BCUT2D eigenvalue weighted by molar-refractivity contribution is 5.55. The molecule has 0 spiro atoms. The van der Waals surface area contributed by atoms with Gasteiger partial charge >= 0.3 is 0 Å². The topological polar surface area (TPSA) is 92.8 Å². The lowest BCUT2D eigenvalue weighted by molar-refractivity contribution is 0.411. The number of piperidine rings is 1. The first-order valence-corrected chi connectivity index (χ1v) is 7.22. The van der Waals surface area contributed by atoms with E-state index < -0.39 is 0 Å². The summed E-state index contributed by atoms with van der Waals surface area (Å²) in [5, 5.41) is 7.18. The molecule has 0 radical (unpaired) electrons. The van der Waals surface area contributed by atoms with Crippen molar-refractivity contribution in [3.05, 3.63) is 28.7 Å². The quantitative estimate of drug-likeness (QED) is 0.850. The maximum atomic E-state index is 11.7. The smallest absolute Gasteiger partial charge is 0.250 e. The largest absolute Gasteiger partial charge is 0.340 e. The number of rotatable bonds is 3. The highest BCUT2D eigenvalue weighted by Gasteiger charge is 2.21. The van der Waals surface area contributed by atoms with Crippen molar-refractivity contribution >= 4 is 5.95 Å². The summed E-state index contributed by atoms with van der Waals surface area (Å²) in [6.07, 6.45) is 3.88. The Kier molecular flexibility index (Phi) is 3.74. The van der Waals surface area contributed by atoms with Crippen molar-refractivity contribution in [3.63, 3.8) is 0 Å². The number of aryl methyl sites for hydroxylation is 1. The van der Waals surface area contributed by atoms with Gasteiger partial charge in [0.05, 0.1) is 0 Å². The molecule has 7 nitrogen and oxygen atoms in total. The fourth-order valence-corrected chi connectivity index (χ4v) is 2.59. The van der Waals surface area contributed by atoms with E-state index in [0.29, 0.717) is 17.7 Å². The molecule has 0 bridgehead atoms. The summed E-state index contributed by atoms with van der Waals surface area (Å²) in [6.45, 7) is 2.60. The van der Waals surface area contributed by atoms with Crippen molar-refractivity contribution in [1.29, 1.82) is 0 Å². The molecular weight excluding hydrogens is 268 g/mol. The number of nitrogens with one attached hydrogen (secondary N) is 1. The van der Waals surface area contributed by atoms with E-state index in [0.717, 1.165) is 38.0 Å². The van der Waals surface area contributed by atoms with Gasteiger partial charge < -0.3 is 15.2 Å². The number of hydrogen-bond donors (Lipinski definition) is 2. The summed E-state index contributed by atoms with van der Waals surface area (Å²) < 4.78 is 1.53. The lowest BCUT2D eigenvalue weighted by Crippen LogP contribution is -2.36. The SMILES string of the molecule is Cn1ccc(-c2nc(N3CCC(CN)CC3)n[nH]2)cc1=O. The average molecular weight is 288 g/mol. The van der Waals surface area contributed by atoms with Gasteiger partial charge in [-0.05, 0) is 31.4 Å². The van der Waals surface area contributed by atoms with Gasteiger partial charge in [-0.25, -0.2) is 0 Å². The second-order valence-corrected chi connectivity index (χ2v) is 5.51. The molecule has 3 heterocycles. The van der Waals surface area contributed by atoms with Crippen LogP contribution in [0.4, 0.5) is 5.95 Å². The third kappa shape index (κ3) is 2.82. The molecule has 2 aromatic heterocycles. The molecule has 21 heavy (non-hydrogen) atoms. The van der Waals surface area contributed by atoms with Gasteiger partial charge in [0.25, 0.3) is 5.56 Å². The Morgan fingerprint density at radius 2 is 2.19 bits per heavy atom. The van der Waals surface area contributed by atoms with Gasteiger partial charge in [-0.3, -0.25) is 9.89 Å². The zero-order chi connectivity index (χ0) is 14.8. The predicted molar refractivity (Wildman–Crippen MR) is 81.1 cm³/mol. The Morgan fingerprint density at radius 3 is 2.86 bits per heavy atom. The van der Waals surface area contributed by atoms with Crippen LogP contribution >= 0.6 is 0 Å². The molecule has 0 atom stereocenters. The maximum absolute atomic E-state index is 11.7. The molecule has 112 valence electrons. The Bertz CT molecular complexity index is 668. The monoisotopic (exact) mass is 288 g/mol. The van der Waals surface area contributed by atoms with Crippen molar-refractivity contribution in [2.24, 2.45) is 18.7 Å². The molecule has 3 rings (SSSR count). The summed E-state index contributed by atoms with van der Waals surface area (Å²) in [6, 6.07) is 3.41. The average Bonchev–Trinajstić information content (AvgIpc) is 3.00. The summed E-state index contributed by atoms with van der Waals surface area (Å²) in [7, 11) is 1.72. The van der Waals surface area contributed by atoms with Gasteiger partial charge in [-0.15, -0.1) is 5.10 Å². The van der Waals surface area contributed by atoms with Crippen molar-refractivity contribution in [2.75, 3.05) is 24.5 Å². The molecule has 0 unspecified atom stereocenters. The summed E-state index contributed by atoms with van der Waals surface area (Å²) >= 11 is 0. The van der Waals surface area contributed by atoms with E-state index in [9.17, 15) is 4.79 Å². The molecule has 1 fully saturated rings. The van der Waals surface area contributed by atoms with Crippen LogP contribution in [0, 0.1) is 5.92 Å². The van der Waals surface area contributed by atoms with Crippen LogP contribution in [-0.4, -0.2) is 39.4 Å². The molecular formula is C14H20N6O. The zero-order valence-electron chi connectivity index (χ0n) is 12.1. The first-order chi connectivity index (χ1) is 10.2. The number of aromatic nitrogens is 4. The number of anilines is 1. The minimum Gasteiger partial charge on any atom is -0.340 e. The molecule has 2 aromatic rings. The molecule has 7 heteroatoms. The number of nitrogens with zero attached hydrogens (tertiary/aromatic N) is 4. The van der Waals surface area contributed by atoms with Gasteiger partial charge in [0.15, 0.2) is 5.82 Å². The zero-order valence-corrected chi connectivity index (χ0v) is 12.1. The van der Waals surface area contributed by atoms with E-state index in [1.807, 2.05) is 6.07 Å². The van der Waals surface area contributed by atoms with Crippen LogP contribution < -0.4 is 16.2 Å². The molecule has 0 aliphatic carbocycles. The van der Waals surface area contributed by atoms with E-state index in [-0.39, 0.29) is 5.56 Å². The molecule has 1 aliphatic rings. The van der Waals surface area contributed by atoms with Crippen molar-refractivity contribution in [1.82, 2.24) is 19.7 Å². The van der Waals surface area contributed by atoms with Crippen LogP contribution in [0.1, 0.15) is 12.8 Å². The first kappa shape index (κ1) is 13.8. The van der Waals surface area contributed by atoms with Crippen molar-refractivity contribution < 1.29 is 0 Å². The number of pyridine rings is 1. The van der Waals surface area contributed by atoms with Gasteiger partial charge in [0.2, 0.25) is 5.95 Å². The third-order valence-electron chi connectivity index (χ3n) is 4.08. The van der Waals surface area contributed by atoms with E-state index in [2.05, 4.69) is 20.1 Å². The van der Waals surface area contributed by atoms with Crippen LogP contribution in [0.3, 0.4) is 0 Å². The van der Waals surface area contributed by atoms with E-state index in [1.165, 1.54) is 4.57 Å². The Hall–Kier alpha value is -2.15. The fourth-order valence-electron chi connectivity index (χ4n) is 2.59. The molecule has 0 aromatic carbocycles. The summed E-state index contributed by atoms with van der Waals surface area (Å²) in [5.74, 6) is 1.93. The second-order valence-electron chi connectivity index (χ2n) is 5.51. The molecule has 3 N–H and O–H groups in total. The summed E-state index contributed by atoms with van der Waals surface area (Å²) in [4.78, 5) is 18.3. The van der Waals surface area contributed by atoms with Gasteiger partial charge in [0.1, 0.15) is 0 Å². The molecule has 1 saturated heterocycles. The lowest BCUT2D eigenvalue weighted by Gasteiger charge is -2.30. The van der Waals surface area contributed by atoms with Gasteiger partial charge in [-0.2, -0.15) is 4.98 Å². The molecule has 1 aliphatic heterocycles. The van der Waals surface area contributed by atoms with E-state index in [4.69, 9.17) is 5.73 Å². The van der Waals surface area contributed by atoms with Crippen LogP contribution in [0.2, 0.25) is 0 Å². The fraction of sp³-hybridized carbons (Fsp3) is 0.500. The normalized spacial score (nSPS) is 16.4. The highest BCUT2D eigenvalue weighted by atomic mass is 16.1. The lowest BCUT2D eigenvalue weighted by atomic mass is 9.97. The first-order valence-electron chi connectivity index (χ1n) is 7.22. The third-order valence-corrected chi connectivity index (χ3v) is 4.08. The molecule has 0 saturated carbocycles. The van der Waals surface area contributed by atoms with Crippen LogP contribution in [0.15, 0.2) is 23.1 Å². The van der Waals surface area contributed by atoms with Crippen molar-refractivity contribution in [3.8, 4) is 11.4 Å². The predicted octanol–water partition coefficient (Wildman–Crippen LogP) is 0.346. The van der Waals surface area contributed by atoms with Crippen LogP contribution in [-0.2, 0) is 7.05 Å². The van der Waals surface area contributed by atoms with E-state index in [1.54, 1.807) is 19.3 Å². The number of hydrogen-bond acceptors (Lipinski definition) is 5.